The average Bonchev–Trinajstić information content (AvgIpc) is 2.88. The van der Waals surface area contributed by atoms with E-state index < -0.39 is 5.60 Å². The summed E-state index contributed by atoms with van der Waals surface area (Å²) in [6, 6.07) is 2.42. The lowest BCUT2D eigenvalue weighted by Crippen LogP contribution is -2.55. The number of ether oxygens (including phenoxy) is 1. The van der Waals surface area contributed by atoms with Crippen LogP contribution in [0.5, 0.6) is 0 Å². The second-order valence-corrected chi connectivity index (χ2v) is 9.50. The van der Waals surface area contributed by atoms with E-state index >= 15 is 0 Å². The fourth-order valence-corrected chi connectivity index (χ4v) is 7.18. The molecule has 0 N–H and O–H groups in total. The number of hydrogen-bond donors (Lipinski definition) is 0. The molecule has 0 radical (unpaired) electrons. The van der Waals surface area contributed by atoms with Gasteiger partial charge in [-0.15, -0.1) is 0 Å². The second-order valence-electron chi connectivity index (χ2n) is 9.50. The largest absolute Gasteiger partial charge is 0.443 e. The number of nitrogens with zero attached hydrogens (tertiary/aromatic N) is 1. The SMILES string of the molecule is CC(=O)O[C@]1(C#N)CC[C@H]2[C@@H]3CCC4=CC(=O)CC[C@]4(C)[C@H]3CC[C@@]21C. The van der Waals surface area contributed by atoms with E-state index in [2.05, 4.69) is 19.9 Å². The van der Waals surface area contributed by atoms with Gasteiger partial charge in [-0.3, -0.25) is 9.59 Å². The first-order valence-electron chi connectivity index (χ1n) is 10.1. The number of carbonyl (C=O) groups is 2. The highest BCUT2D eigenvalue weighted by atomic mass is 16.6. The van der Waals surface area contributed by atoms with E-state index in [1.807, 2.05) is 6.08 Å². The zero-order valence-corrected chi connectivity index (χ0v) is 16.1. The van der Waals surface area contributed by atoms with Gasteiger partial charge in [-0.2, -0.15) is 5.26 Å². The molecule has 0 spiro atoms. The fourth-order valence-electron chi connectivity index (χ4n) is 7.18. The molecule has 0 aromatic heterocycles. The molecular weight excluding hydrogens is 326 g/mol. The van der Waals surface area contributed by atoms with Gasteiger partial charge in [0.15, 0.2) is 5.78 Å². The van der Waals surface area contributed by atoms with Crippen LogP contribution in [0.3, 0.4) is 0 Å². The van der Waals surface area contributed by atoms with Crippen LogP contribution in [0.2, 0.25) is 0 Å². The first-order valence-corrected chi connectivity index (χ1v) is 10.1. The molecule has 4 heteroatoms. The number of rotatable bonds is 1. The van der Waals surface area contributed by atoms with Crippen LogP contribution in [0.15, 0.2) is 11.6 Å². The summed E-state index contributed by atoms with van der Waals surface area (Å²) in [6.07, 6.45) is 9.28. The van der Waals surface area contributed by atoms with Gasteiger partial charge in [0.1, 0.15) is 6.07 Å². The summed E-state index contributed by atoms with van der Waals surface area (Å²) in [5.41, 5.74) is 0.283. The van der Waals surface area contributed by atoms with Crippen molar-refractivity contribution in [3.05, 3.63) is 11.6 Å². The van der Waals surface area contributed by atoms with Crippen LogP contribution in [-0.4, -0.2) is 17.4 Å². The molecule has 0 amide bonds. The lowest BCUT2D eigenvalue weighted by molar-refractivity contribution is -0.169. The van der Waals surface area contributed by atoms with Gasteiger partial charge in [0.2, 0.25) is 5.60 Å². The molecular formula is C22H29NO3. The summed E-state index contributed by atoms with van der Waals surface area (Å²) in [4.78, 5) is 23.6. The third-order valence-electron chi connectivity index (χ3n) is 8.58. The van der Waals surface area contributed by atoms with Crippen molar-refractivity contribution in [3.8, 4) is 6.07 Å². The Labute approximate surface area is 156 Å². The highest BCUT2D eigenvalue weighted by molar-refractivity contribution is 5.91. The summed E-state index contributed by atoms with van der Waals surface area (Å²) in [5.74, 6) is 1.52. The van der Waals surface area contributed by atoms with Crippen LogP contribution in [-0.2, 0) is 14.3 Å². The summed E-state index contributed by atoms with van der Waals surface area (Å²) in [6.45, 7) is 5.97. The van der Waals surface area contributed by atoms with Crippen LogP contribution in [0.4, 0.5) is 0 Å². The van der Waals surface area contributed by atoms with Crippen molar-refractivity contribution in [1.82, 2.24) is 0 Å². The minimum atomic E-state index is -0.964. The van der Waals surface area contributed by atoms with Gasteiger partial charge in [0, 0.05) is 25.2 Å². The Kier molecular flexibility index (Phi) is 3.88. The summed E-state index contributed by atoms with van der Waals surface area (Å²) < 4.78 is 5.69. The van der Waals surface area contributed by atoms with E-state index in [9.17, 15) is 14.9 Å². The van der Waals surface area contributed by atoms with Gasteiger partial charge in [-0.05, 0) is 67.8 Å². The number of allylic oxidation sites excluding steroid dienone is 1. The van der Waals surface area contributed by atoms with E-state index in [1.54, 1.807) is 0 Å². The number of ketones is 1. The predicted molar refractivity (Wildman–Crippen MR) is 96.8 cm³/mol. The van der Waals surface area contributed by atoms with Crippen molar-refractivity contribution in [3.63, 3.8) is 0 Å². The Hall–Kier alpha value is -1.63. The highest BCUT2D eigenvalue weighted by Gasteiger charge is 2.66. The lowest BCUT2D eigenvalue weighted by Gasteiger charge is -2.58. The molecule has 26 heavy (non-hydrogen) atoms. The third kappa shape index (κ3) is 2.19. The van der Waals surface area contributed by atoms with Crippen molar-refractivity contribution in [2.45, 2.75) is 77.7 Å². The minimum absolute atomic E-state index is 0.136. The monoisotopic (exact) mass is 355 g/mol. The van der Waals surface area contributed by atoms with Crippen molar-refractivity contribution in [1.29, 1.82) is 5.26 Å². The van der Waals surface area contributed by atoms with Crippen LogP contribution in [0.1, 0.15) is 72.1 Å². The molecule has 0 heterocycles. The van der Waals surface area contributed by atoms with Gasteiger partial charge in [-0.1, -0.05) is 19.4 Å². The van der Waals surface area contributed by atoms with Crippen LogP contribution < -0.4 is 0 Å². The predicted octanol–water partition coefficient (Wildman–Crippen LogP) is 4.34. The van der Waals surface area contributed by atoms with Crippen molar-refractivity contribution in [2.75, 3.05) is 0 Å². The van der Waals surface area contributed by atoms with E-state index in [4.69, 9.17) is 4.74 Å². The zero-order chi connectivity index (χ0) is 18.7. The first-order chi connectivity index (χ1) is 12.3. The lowest BCUT2D eigenvalue weighted by atomic mass is 9.46. The van der Waals surface area contributed by atoms with Gasteiger partial charge in [0.25, 0.3) is 0 Å². The molecule has 0 unspecified atom stereocenters. The fraction of sp³-hybridized carbons (Fsp3) is 0.773. The minimum Gasteiger partial charge on any atom is -0.443 e. The van der Waals surface area contributed by atoms with Crippen molar-refractivity contribution in [2.24, 2.45) is 28.6 Å². The summed E-state index contributed by atoms with van der Waals surface area (Å²) in [5, 5.41) is 9.96. The van der Waals surface area contributed by atoms with Crippen molar-refractivity contribution < 1.29 is 14.3 Å². The maximum Gasteiger partial charge on any atom is 0.304 e. The van der Waals surface area contributed by atoms with E-state index in [0.717, 1.165) is 38.5 Å². The molecule has 0 aliphatic heterocycles. The third-order valence-corrected chi connectivity index (χ3v) is 8.58. The topological polar surface area (TPSA) is 67.2 Å². The molecule has 6 atom stereocenters. The molecule has 3 saturated carbocycles. The van der Waals surface area contributed by atoms with E-state index in [1.165, 1.54) is 12.5 Å². The Morgan fingerprint density at radius 1 is 1.15 bits per heavy atom. The number of hydrogen-bond acceptors (Lipinski definition) is 4. The number of esters is 1. The number of fused-ring (bicyclic) bond motifs is 5. The molecule has 4 nitrogen and oxygen atoms in total. The molecule has 4 aliphatic carbocycles. The molecule has 140 valence electrons. The standard InChI is InChI=1S/C22H29NO3/c1-14(24)26-22(13-23)11-8-19-17-5-4-15-12-16(25)6-9-20(15,2)18(17)7-10-21(19,22)3/h12,17-19H,4-11H2,1-3H3/t17-,18+,19+,20+,21+,22+/m1/s1. The first kappa shape index (κ1) is 17.8. The quantitative estimate of drug-likeness (QED) is 0.656. The van der Waals surface area contributed by atoms with Gasteiger partial charge >= 0.3 is 5.97 Å². The number of carbonyl (C=O) groups excluding carboxylic acids is 2. The normalized spacial score (nSPS) is 47.1. The van der Waals surface area contributed by atoms with Crippen LogP contribution in [0, 0.1) is 39.9 Å². The molecule has 0 aromatic carbocycles. The van der Waals surface area contributed by atoms with Gasteiger partial charge < -0.3 is 4.74 Å². The maximum absolute atomic E-state index is 11.9. The van der Waals surface area contributed by atoms with E-state index in [0.29, 0.717) is 30.6 Å². The van der Waals surface area contributed by atoms with E-state index in [-0.39, 0.29) is 22.6 Å². The zero-order valence-electron chi connectivity index (χ0n) is 16.1. The van der Waals surface area contributed by atoms with Crippen LogP contribution >= 0.6 is 0 Å². The molecule has 4 aliphatic rings. The summed E-state index contributed by atoms with van der Waals surface area (Å²) in [7, 11) is 0. The maximum atomic E-state index is 11.9. The Bertz CT molecular complexity index is 734. The Morgan fingerprint density at radius 2 is 1.88 bits per heavy atom. The summed E-state index contributed by atoms with van der Waals surface area (Å²) >= 11 is 0. The average molecular weight is 355 g/mol. The molecule has 3 fully saturated rings. The number of nitriles is 1. The smallest absolute Gasteiger partial charge is 0.304 e. The molecule has 0 bridgehead atoms. The van der Waals surface area contributed by atoms with Crippen LogP contribution in [0.25, 0.3) is 0 Å². The Morgan fingerprint density at radius 3 is 2.58 bits per heavy atom. The molecule has 0 aromatic rings. The molecule has 0 saturated heterocycles. The molecule has 4 rings (SSSR count). The van der Waals surface area contributed by atoms with Crippen molar-refractivity contribution >= 4 is 11.8 Å². The highest BCUT2D eigenvalue weighted by Crippen LogP contribution is 2.68. The van der Waals surface area contributed by atoms with Gasteiger partial charge in [0.05, 0.1) is 0 Å². The Balaban J connectivity index is 1.69. The van der Waals surface area contributed by atoms with Gasteiger partial charge in [-0.25, -0.2) is 0 Å². The second kappa shape index (κ2) is 5.68.